The van der Waals surface area contributed by atoms with E-state index in [-0.39, 0.29) is 11.8 Å². The molecule has 0 spiro atoms. The second kappa shape index (κ2) is 5.88. The molecular weight excluding hydrogens is 315 g/mol. The van der Waals surface area contributed by atoms with Gasteiger partial charge in [0, 0.05) is 19.3 Å². The van der Waals surface area contributed by atoms with Gasteiger partial charge >= 0.3 is 6.03 Å². The second-order valence-corrected chi connectivity index (χ2v) is 5.70. The van der Waals surface area contributed by atoms with Crippen LogP contribution in [0.4, 0.5) is 14.9 Å². The molecule has 2 rings (SSSR count). The molecule has 104 valence electrons. The van der Waals surface area contributed by atoms with Crippen molar-refractivity contribution in [2.75, 3.05) is 18.9 Å². The van der Waals surface area contributed by atoms with Gasteiger partial charge in [0.05, 0.1) is 10.6 Å². The molecule has 1 unspecified atom stereocenters. The zero-order valence-electron chi connectivity index (χ0n) is 10.6. The van der Waals surface area contributed by atoms with Crippen molar-refractivity contribution >= 4 is 27.6 Å². The topological polar surface area (TPSA) is 52.6 Å². The Bertz CT molecular complexity index is 480. The Kier molecular flexibility index (Phi) is 4.42. The number of likely N-dealkylation sites (N-methyl/N-ethyl adjacent to an activating group) is 1. The van der Waals surface area contributed by atoms with Crippen LogP contribution >= 0.6 is 15.9 Å². The lowest BCUT2D eigenvalue weighted by molar-refractivity contribution is 0.117. The van der Waals surface area contributed by atoms with E-state index in [0.29, 0.717) is 22.6 Å². The molecule has 4 nitrogen and oxygen atoms in total. The molecule has 0 aromatic heterocycles. The molecule has 0 heterocycles. The normalized spacial score (nSPS) is 16.0. The Hall–Kier alpha value is -1.14. The number of nitrogens with zero attached hydrogens (tertiary/aromatic N) is 1. The van der Waals surface area contributed by atoms with Crippen molar-refractivity contribution in [1.29, 1.82) is 0 Å². The molecule has 19 heavy (non-hydrogen) atoms. The predicted octanol–water partition coefficient (Wildman–Crippen LogP) is 2.82. The minimum absolute atomic E-state index is 0.297. The number of carbonyl (C=O) groups is 1. The summed E-state index contributed by atoms with van der Waals surface area (Å²) < 4.78 is 13.4. The molecule has 0 bridgehead atoms. The highest BCUT2D eigenvalue weighted by Crippen LogP contribution is 2.32. The largest absolute Gasteiger partial charge is 0.391 e. The molecule has 1 atom stereocenters. The number of benzene rings is 1. The number of urea groups is 1. The number of carbonyl (C=O) groups excluding carboxylic acids is 1. The lowest BCUT2D eigenvalue weighted by Gasteiger charge is -2.21. The van der Waals surface area contributed by atoms with Gasteiger partial charge in [-0.2, -0.15) is 0 Å². The summed E-state index contributed by atoms with van der Waals surface area (Å²) in [6, 6.07) is 3.94. The van der Waals surface area contributed by atoms with Crippen LogP contribution in [0.5, 0.6) is 0 Å². The molecule has 1 aliphatic rings. The van der Waals surface area contributed by atoms with Gasteiger partial charge in [-0.3, -0.25) is 0 Å². The maximum atomic E-state index is 13.1. The lowest BCUT2D eigenvalue weighted by atomic mass is 10.2. The standard InChI is InChI=1S/C13H16BrFN2O2/c1-17(7-12(18)8-2-3-8)13(19)16-9-4-5-11(15)10(14)6-9/h4-6,8,12,18H,2-3,7H2,1H3,(H,16,19). The molecule has 2 amide bonds. The smallest absolute Gasteiger partial charge is 0.321 e. The number of hydrogen-bond donors (Lipinski definition) is 2. The number of nitrogens with one attached hydrogen (secondary N) is 1. The average molecular weight is 331 g/mol. The molecule has 0 radical (unpaired) electrons. The molecule has 0 saturated heterocycles. The SMILES string of the molecule is CN(CC(O)C1CC1)C(=O)Nc1ccc(F)c(Br)c1. The number of aliphatic hydroxyl groups excluding tert-OH is 1. The third-order valence-electron chi connectivity index (χ3n) is 3.14. The highest BCUT2D eigenvalue weighted by Gasteiger charge is 2.31. The molecular formula is C13H16BrFN2O2. The predicted molar refractivity (Wildman–Crippen MR) is 74.5 cm³/mol. The van der Waals surface area contributed by atoms with Gasteiger partial charge < -0.3 is 15.3 Å². The zero-order chi connectivity index (χ0) is 14.0. The van der Waals surface area contributed by atoms with E-state index < -0.39 is 6.10 Å². The van der Waals surface area contributed by atoms with Crippen LogP contribution < -0.4 is 5.32 Å². The second-order valence-electron chi connectivity index (χ2n) is 4.84. The van der Waals surface area contributed by atoms with Gasteiger partial charge in [-0.15, -0.1) is 0 Å². The Balaban J connectivity index is 1.90. The van der Waals surface area contributed by atoms with Crippen LogP contribution in [-0.2, 0) is 0 Å². The van der Waals surface area contributed by atoms with E-state index in [4.69, 9.17) is 0 Å². The third-order valence-corrected chi connectivity index (χ3v) is 3.75. The van der Waals surface area contributed by atoms with E-state index in [1.54, 1.807) is 7.05 Å². The van der Waals surface area contributed by atoms with E-state index in [9.17, 15) is 14.3 Å². The van der Waals surface area contributed by atoms with Crippen LogP contribution in [0.15, 0.2) is 22.7 Å². The van der Waals surface area contributed by atoms with Gasteiger partial charge in [-0.25, -0.2) is 9.18 Å². The molecule has 1 aliphatic carbocycles. The third kappa shape index (κ3) is 3.91. The lowest BCUT2D eigenvalue weighted by Crippen LogP contribution is -2.38. The number of halogens is 2. The van der Waals surface area contributed by atoms with Gasteiger partial charge in [-0.1, -0.05) is 0 Å². The van der Waals surface area contributed by atoms with E-state index >= 15 is 0 Å². The number of anilines is 1. The van der Waals surface area contributed by atoms with E-state index in [1.807, 2.05) is 0 Å². The van der Waals surface area contributed by atoms with E-state index in [2.05, 4.69) is 21.2 Å². The number of aliphatic hydroxyl groups is 1. The first-order chi connectivity index (χ1) is 8.97. The maximum Gasteiger partial charge on any atom is 0.321 e. The number of amides is 2. The first kappa shape index (κ1) is 14.3. The van der Waals surface area contributed by atoms with Crippen molar-refractivity contribution < 1.29 is 14.3 Å². The van der Waals surface area contributed by atoms with Crippen LogP contribution in [0.3, 0.4) is 0 Å². The summed E-state index contributed by atoms with van der Waals surface area (Å²) >= 11 is 3.06. The summed E-state index contributed by atoms with van der Waals surface area (Å²) in [5, 5.41) is 12.4. The molecule has 1 saturated carbocycles. The van der Waals surface area contributed by atoms with E-state index in [0.717, 1.165) is 12.8 Å². The maximum absolute atomic E-state index is 13.1. The summed E-state index contributed by atoms with van der Waals surface area (Å²) in [4.78, 5) is 13.3. The zero-order valence-corrected chi connectivity index (χ0v) is 12.2. The Morgan fingerprint density at radius 1 is 1.63 bits per heavy atom. The fraction of sp³-hybridized carbons (Fsp3) is 0.462. The van der Waals surface area contributed by atoms with Crippen LogP contribution in [0.25, 0.3) is 0 Å². The fourth-order valence-corrected chi connectivity index (χ4v) is 2.17. The van der Waals surface area contributed by atoms with Gasteiger partial charge in [0.1, 0.15) is 5.82 Å². The van der Waals surface area contributed by atoms with Gasteiger partial charge in [0.2, 0.25) is 0 Å². The van der Waals surface area contributed by atoms with Crippen LogP contribution in [0, 0.1) is 11.7 Å². The van der Waals surface area contributed by atoms with Crippen LogP contribution in [0.1, 0.15) is 12.8 Å². The summed E-state index contributed by atoms with van der Waals surface area (Å²) in [6.07, 6.45) is 1.60. The molecule has 0 aliphatic heterocycles. The molecule has 6 heteroatoms. The van der Waals surface area contributed by atoms with Gasteiger partial charge in [0.15, 0.2) is 0 Å². The number of rotatable bonds is 4. The molecule has 1 aromatic rings. The monoisotopic (exact) mass is 330 g/mol. The number of hydrogen-bond acceptors (Lipinski definition) is 2. The first-order valence-corrected chi connectivity index (χ1v) is 6.92. The molecule has 2 N–H and O–H groups in total. The van der Waals surface area contributed by atoms with Crippen molar-refractivity contribution in [1.82, 2.24) is 4.90 Å². The Labute approximate surface area is 119 Å². The van der Waals surface area contributed by atoms with Gasteiger partial charge in [0.25, 0.3) is 0 Å². The van der Waals surface area contributed by atoms with Crippen LogP contribution in [0.2, 0.25) is 0 Å². The average Bonchev–Trinajstić information content (AvgIpc) is 3.17. The summed E-state index contributed by atoms with van der Waals surface area (Å²) in [6.45, 7) is 0.304. The minimum atomic E-state index is -0.462. The Morgan fingerprint density at radius 3 is 2.89 bits per heavy atom. The summed E-state index contributed by atoms with van der Waals surface area (Å²) in [5.41, 5.74) is 0.506. The van der Waals surface area contributed by atoms with Crippen molar-refractivity contribution in [3.8, 4) is 0 Å². The highest BCUT2D eigenvalue weighted by molar-refractivity contribution is 9.10. The van der Waals surface area contributed by atoms with Gasteiger partial charge in [-0.05, 0) is 52.9 Å². The van der Waals surface area contributed by atoms with Crippen LogP contribution in [-0.4, -0.2) is 35.7 Å². The summed E-state index contributed by atoms with van der Waals surface area (Å²) in [7, 11) is 1.62. The highest BCUT2D eigenvalue weighted by atomic mass is 79.9. The first-order valence-electron chi connectivity index (χ1n) is 6.12. The quantitative estimate of drug-likeness (QED) is 0.891. The minimum Gasteiger partial charge on any atom is -0.391 e. The van der Waals surface area contributed by atoms with Crippen molar-refractivity contribution in [2.45, 2.75) is 18.9 Å². The van der Waals surface area contributed by atoms with E-state index in [1.165, 1.54) is 23.1 Å². The molecule has 1 aromatic carbocycles. The fourth-order valence-electron chi connectivity index (χ4n) is 1.79. The molecule has 1 fully saturated rings. The summed E-state index contributed by atoms with van der Waals surface area (Å²) in [5.74, 6) is -0.0503. The van der Waals surface area contributed by atoms with Crippen molar-refractivity contribution in [2.24, 2.45) is 5.92 Å². The van der Waals surface area contributed by atoms with Crippen molar-refractivity contribution in [3.05, 3.63) is 28.5 Å². The van der Waals surface area contributed by atoms with Crippen molar-refractivity contribution in [3.63, 3.8) is 0 Å². The Morgan fingerprint density at radius 2 is 2.32 bits per heavy atom.